The lowest BCUT2D eigenvalue weighted by Crippen LogP contribution is -2.34. The summed E-state index contributed by atoms with van der Waals surface area (Å²) in [6.07, 6.45) is 0. The number of aromatic nitrogens is 1. The van der Waals surface area contributed by atoms with Gasteiger partial charge in [-0.1, -0.05) is 23.4 Å². The zero-order chi connectivity index (χ0) is 19.2. The third-order valence-electron chi connectivity index (χ3n) is 4.29. The summed E-state index contributed by atoms with van der Waals surface area (Å²) >= 11 is 0. The quantitative estimate of drug-likeness (QED) is 0.634. The molecule has 0 radical (unpaired) electrons. The van der Waals surface area contributed by atoms with E-state index in [4.69, 9.17) is 14.0 Å². The normalized spacial score (nSPS) is 10.5. The average molecular weight is 366 g/mol. The Hall–Kier alpha value is -3.28. The molecule has 6 nitrogen and oxygen atoms in total. The molecule has 0 saturated carbocycles. The molecule has 0 atom stereocenters. The van der Waals surface area contributed by atoms with Gasteiger partial charge in [-0.05, 0) is 50.2 Å². The van der Waals surface area contributed by atoms with Crippen LogP contribution in [0, 0.1) is 13.8 Å². The number of carbonyl (C=O) groups is 1. The van der Waals surface area contributed by atoms with Gasteiger partial charge in [0.2, 0.25) is 0 Å². The lowest BCUT2D eigenvalue weighted by Gasteiger charge is -2.23. The number of carbonyl (C=O) groups excluding carboxylic acids is 1. The Bertz CT molecular complexity index is 869. The van der Waals surface area contributed by atoms with Crippen LogP contribution in [0.15, 0.2) is 59.1 Å². The van der Waals surface area contributed by atoms with Gasteiger partial charge in [0.1, 0.15) is 17.3 Å². The van der Waals surface area contributed by atoms with E-state index < -0.39 is 0 Å². The van der Waals surface area contributed by atoms with Crippen LogP contribution in [0.4, 0.5) is 5.69 Å². The molecule has 0 fully saturated rings. The molecule has 1 aromatic heterocycles. The molecule has 0 bridgehead atoms. The van der Waals surface area contributed by atoms with E-state index in [1.807, 2.05) is 44.2 Å². The minimum absolute atomic E-state index is 0.0788. The SMILES string of the molecule is COc1ccc(OCC(=O)N(Cc2c(C)noc2C)c2ccccc2)cc1. The molecule has 0 aliphatic rings. The average Bonchev–Trinajstić information content (AvgIpc) is 3.03. The molecule has 0 aliphatic carbocycles. The molecule has 0 aliphatic heterocycles. The number of benzene rings is 2. The second-order valence-corrected chi connectivity index (χ2v) is 6.08. The van der Waals surface area contributed by atoms with Crippen LogP contribution in [0.3, 0.4) is 0 Å². The van der Waals surface area contributed by atoms with Gasteiger partial charge in [-0.25, -0.2) is 0 Å². The Labute approximate surface area is 158 Å². The highest BCUT2D eigenvalue weighted by molar-refractivity contribution is 5.94. The van der Waals surface area contributed by atoms with Gasteiger partial charge in [0, 0.05) is 11.3 Å². The van der Waals surface area contributed by atoms with Gasteiger partial charge in [0.25, 0.3) is 5.91 Å². The summed E-state index contributed by atoms with van der Waals surface area (Å²) in [4.78, 5) is 14.6. The summed E-state index contributed by atoms with van der Waals surface area (Å²) in [6.45, 7) is 4.00. The van der Waals surface area contributed by atoms with Crippen LogP contribution in [-0.2, 0) is 11.3 Å². The van der Waals surface area contributed by atoms with E-state index in [0.29, 0.717) is 18.1 Å². The molecular weight excluding hydrogens is 344 g/mol. The van der Waals surface area contributed by atoms with Crippen LogP contribution in [0.2, 0.25) is 0 Å². The van der Waals surface area contributed by atoms with Crippen LogP contribution in [0.5, 0.6) is 11.5 Å². The predicted octanol–water partition coefficient (Wildman–Crippen LogP) is 3.91. The van der Waals surface area contributed by atoms with E-state index >= 15 is 0 Å². The van der Waals surface area contributed by atoms with Crippen LogP contribution in [0.25, 0.3) is 0 Å². The Balaban J connectivity index is 1.76. The number of hydrogen-bond acceptors (Lipinski definition) is 5. The summed E-state index contributed by atoms with van der Waals surface area (Å²) in [6, 6.07) is 16.6. The number of para-hydroxylation sites is 1. The van der Waals surface area contributed by atoms with Gasteiger partial charge in [-0.2, -0.15) is 0 Å². The van der Waals surface area contributed by atoms with Crippen molar-refractivity contribution >= 4 is 11.6 Å². The second-order valence-electron chi connectivity index (χ2n) is 6.08. The number of rotatable bonds is 7. The highest BCUT2D eigenvalue weighted by Gasteiger charge is 2.20. The molecule has 3 aromatic rings. The molecule has 3 rings (SSSR count). The number of nitrogens with zero attached hydrogens (tertiary/aromatic N) is 2. The van der Waals surface area contributed by atoms with Crippen molar-refractivity contribution in [2.45, 2.75) is 20.4 Å². The summed E-state index contributed by atoms with van der Waals surface area (Å²) in [7, 11) is 1.60. The van der Waals surface area contributed by atoms with E-state index in [2.05, 4.69) is 5.16 Å². The number of amides is 1. The fraction of sp³-hybridized carbons (Fsp3) is 0.238. The predicted molar refractivity (Wildman–Crippen MR) is 102 cm³/mol. The maximum absolute atomic E-state index is 12.9. The molecule has 1 amide bonds. The van der Waals surface area contributed by atoms with Crippen molar-refractivity contribution < 1.29 is 18.8 Å². The molecular formula is C21H22N2O4. The van der Waals surface area contributed by atoms with Crippen molar-refractivity contribution in [3.63, 3.8) is 0 Å². The molecule has 2 aromatic carbocycles. The van der Waals surface area contributed by atoms with E-state index in [1.54, 1.807) is 36.3 Å². The monoisotopic (exact) mass is 366 g/mol. The van der Waals surface area contributed by atoms with Gasteiger partial charge in [0.05, 0.1) is 19.3 Å². The Morgan fingerprint density at radius 1 is 1.04 bits per heavy atom. The highest BCUT2D eigenvalue weighted by Crippen LogP contribution is 2.22. The largest absolute Gasteiger partial charge is 0.497 e. The first-order valence-corrected chi connectivity index (χ1v) is 8.62. The molecule has 0 unspecified atom stereocenters. The Morgan fingerprint density at radius 2 is 1.70 bits per heavy atom. The van der Waals surface area contributed by atoms with E-state index in [1.165, 1.54) is 0 Å². The molecule has 6 heteroatoms. The van der Waals surface area contributed by atoms with Crippen molar-refractivity contribution in [1.29, 1.82) is 0 Å². The fourth-order valence-corrected chi connectivity index (χ4v) is 2.71. The highest BCUT2D eigenvalue weighted by atomic mass is 16.5. The standard InChI is InChI=1S/C21H22N2O4/c1-15-20(16(2)27-22-15)13-23(17-7-5-4-6-8-17)21(24)14-26-19-11-9-18(25-3)10-12-19/h4-12H,13-14H2,1-3H3. The smallest absolute Gasteiger partial charge is 0.265 e. The molecule has 140 valence electrons. The van der Waals surface area contributed by atoms with E-state index in [-0.39, 0.29) is 12.5 Å². The number of anilines is 1. The van der Waals surface area contributed by atoms with Gasteiger partial charge >= 0.3 is 0 Å². The van der Waals surface area contributed by atoms with Crippen molar-refractivity contribution in [2.75, 3.05) is 18.6 Å². The van der Waals surface area contributed by atoms with Crippen LogP contribution >= 0.6 is 0 Å². The van der Waals surface area contributed by atoms with Crippen molar-refractivity contribution in [3.8, 4) is 11.5 Å². The topological polar surface area (TPSA) is 64.8 Å². The maximum atomic E-state index is 12.9. The fourth-order valence-electron chi connectivity index (χ4n) is 2.71. The van der Waals surface area contributed by atoms with Gasteiger partial charge in [-0.3, -0.25) is 4.79 Å². The first kappa shape index (κ1) is 18.5. The zero-order valence-corrected chi connectivity index (χ0v) is 15.6. The number of aryl methyl sites for hydroxylation is 2. The van der Waals surface area contributed by atoms with Crippen LogP contribution in [0.1, 0.15) is 17.0 Å². The summed E-state index contributed by atoms with van der Waals surface area (Å²) in [5.74, 6) is 1.89. The number of methoxy groups -OCH3 is 1. The molecule has 0 N–H and O–H groups in total. The number of hydrogen-bond donors (Lipinski definition) is 0. The van der Waals surface area contributed by atoms with Crippen molar-refractivity contribution in [2.24, 2.45) is 0 Å². The summed E-state index contributed by atoms with van der Waals surface area (Å²) in [5.41, 5.74) is 2.47. The van der Waals surface area contributed by atoms with Crippen LogP contribution in [-0.4, -0.2) is 24.8 Å². The second kappa shape index (κ2) is 8.40. The first-order valence-electron chi connectivity index (χ1n) is 8.62. The molecule has 0 spiro atoms. The Kier molecular flexibility index (Phi) is 5.76. The van der Waals surface area contributed by atoms with Crippen molar-refractivity contribution in [3.05, 3.63) is 71.6 Å². The maximum Gasteiger partial charge on any atom is 0.265 e. The van der Waals surface area contributed by atoms with Gasteiger partial charge in [-0.15, -0.1) is 0 Å². The lowest BCUT2D eigenvalue weighted by atomic mass is 10.1. The molecule has 0 saturated heterocycles. The Morgan fingerprint density at radius 3 is 2.30 bits per heavy atom. The minimum Gasteiger partial charge on any atom is -0.497 e. The van der Waals surface area contributed by atoms with E-state index in [0.717, 1.165) is 22.7 Å². The molecule has 1 heterocycles. The van der Waals surface area contributed by atoms with Crippen LogP contribution < -0.4 is 14.4 Å². The third-order valence-corrected chi connectivity index (χ3v) is 4.29. The zero-order valence-electron chi connectivity index (χ0n) is 15.6. The van der Waals surface area contributed by atoms with Crippen molar-refractivity contribution in [1.82, 2.24) is 5.16 Å². The lowest BCUT2D eigenvalue weighted by molar-refractivity contribution is -0.120. The van der Waals surface area contributed by atoms with Gasteiger partial charge in [0.15, 0.2) is 6.61 Å². The summed E-state index contributed by atoms with van der Waals surface area (Å²) in [5, 5.41) is 3.98. The van der Waals surface area contributed by atoms with E-state index in [9.17, 15) is 4.79 Å². The number of ether oxygens (including phenoxy) is 2. The molecule has 27 heavy (non-hydrogen) atoms. The minimum atomic E-state index is -0.156. The first-order chi connectivity index (χ1) is 13.1. The third kappa shape index (κ3) is 4.47. The van der Waals surface area contributed by atoms with Gasteiger partial charge < -0.3 is 18.9 Å². The summed E-state index contributed by atoms with van der Waals surface area (Å²) < 4.78 is 16.0.